The van der Waals surface area contributed by atoms with E-state index in [1.54, 1.807) is 18.5 Å². The number of aromatic nitrogens is 4. The van der Waals surface area contributed by atoms with Gasteiger partial charge in [0.1, 0.15) is 0 Å². The van der Waals surface area contributed by atoms with Crippen molar-refractivity contribution >= 4 is 11.9 Å². The number of nitrogens with zero attached hydrogens (tertiary/aromatic N) is 5. The predicted octanol–water partition coefficient (Wildman–Crippen LogP) is 1.34. The van der Waals surface area contributed by atoms with E-state index in [4.69, 9.17) is 0 Å². The molecule has 1 N–H and O–H groups in total. The molecule has 7 nitrogen and oxygen atoms in total. The molecule has 1 saturated heterocycles. The van der Waals surface area contributed by atoms with E-state index in [9.17, 15) is 4.79 Å². The number of hydrogen-bond acceptors (Lipinski definition) is 5. The molecule has 3 heterocycles. The Balaban J connectivity index is 1.53. The topological polar surface area (TPSA) is 75.9 Å². The van der Waals surface area contributed by atoms with Gasteiger partial charge in [0.15, 0.2) is 0 Å². The van der Waals surface area contributed by atoms with Crippen LogP contribution in [0.2, 0.25) is 0 Å². The lowest BCUT2D eigenvalue weighted by Gasteiger charge is -2.35. The van der Waals surface area contributed by atoms with Gasteiger partial charge in [-0.25, -0.2) is 15.0 Å². The second-order valence-electron chi connectivity index (χ2n) is 5.51. The number of rotatable bonds is 4. The number of hydrogen-bond donors (Lipinski definition) is 1. The van der Waals surface area contributed by atoms with Crippen molar-refractivity contribution < 1.29 is 4.79 Å². The number of nitrogens with one attached hydrogen (secondary N) is 1. The Hall–Kier alpha value is -2.28. The van der Waals surface area contributed by atoms with Crippen LogP contribution in [-0.2, 0) is 4.79 Å². The van der Waals surface area contributed by atoms with Crippen LogP contribution >= 0.6 is 0 Å². The Labute approximate surface area is 129 Å². The molecule has 0 bridgehead atoms. The van der Waals surface area contributed by atoms with Crippen LogP contribution in [-0.4, -0.2) is 49.5 Å². The van der Waals surface area contributed by atoms with Crippen molar-refractivity contribution in [1.29, 1.82) is 0 Å². The van der Waals surface area contributed by atoms with E-state index in [1.165, 1.54) is 0 Å². The highest BCUT2D eigenvalue weighted by Gasteiger charge is 2.27. The van der Waals surface area contributed by atoms with E-state index >= 15 is 0 Å². The van der Waals surface area contributed by atoms with Crippen LogP contribution in [0.4, 0.5) is 5.95 Å². The van der Waals surface area contributed by atoms with Gasteiger partial charge >= 0.3 is 0 Å². The van der Waals surface area contributed by atoms with Crippen molar-refractivity contribution in [1.82, 2.24) is 24.4 Å². The Morgan fingerprint density at radius 2 is 2.00 bits per heavy atom. The highest BCUT2D eigenvalue weighted by Crippen LogP contribution is 2.23. The first-order valence-electron chi connectivity index (χ1n) is 7.53. The van der Waals surface area contributed by atoms with Crippen molar-refractivity contribution in [3.63, 3.8) is 0 Å². The summed E-state index contributed by atoms with van der Waals surface area (Å²) in [4.78, 5) is 26.6. The molecule has 7 heteroatoms. The van der Waals surface area contributed by atoms with Crippen LogP contribution in [0.1, 0.15) is 25.8 Å². The summed E-state index contributed by atoms with van der Waals surface area (Å²) in [5.41, 5.74) is 0. The van der Waals surface area contributed by atoms with Gasteiger partial charge in [-0.1, -0.05) is 0 Å². The second kappa shape index (κ2) is 6.65. The molecule has 1 aliphatic rings. The molecule has 3 rings (SSSR count). The number of likely N-dealkylation sites (tertiary alicyclic amines) is 1. The fraction of sp³-hybridized carbons (Fsp3) is 0.467. The van der Waals surface area contributed by atoms with Gasteiger partial charge in [0.05, 0.1) is 12.4 Å². The third kappa shape index (κ3) is 3.30. The fourth-order valence-corrected chi connectivity index (χ4v) is 2.80. The predicted molar refractivity (Wildman–Crippen MR) is 82.2 cm³/mol. The number of anilines is 1. The molecule has 0 spiro atoms. The van der Waals surface area contributed by atoms with Gasteiger partial charge in [-0.3, -0.25) is 15.0 Å². The van der Waals surface area contributed by atoms with Crippen molar-refractivity contribution in [2.75, 3.05) is 18.4 Å². The molecular formula is C15H20N6O. The number of carbonyl (C=O) groups is 1. The van der Waals surface area contributed by atoms with Crippen molar-refractivity contribution in [2.24, 2.45) is 0 Å². The largest absolute Gasteiger partial charge is 0.334 e. The van der Waals surface area contributed by atoms with Crippen LogP contribution in [0.5, 0.6) is 0 Å². The summed E-state index contributed by atoms with van der Waals surface area (Å²) in [5, 5.41) is 2.76. The SMILES string of the molecule is CC(C(=O)Nc1ncccn1)N1CCC(n2ccnc2)CC1. The zero-order chi connectivity index (χ0) is 15.4. The maximum Gasteiger partial charge on any atom is 0.243 e. The van der Waals surface area contributed by atoms with Crippen molar-refractivity contribution in [3.8, 4) is 0 Å². The molecule has 22 heavy (non-hydrogen) atoms. The summed E-state index contributed by atoms with van der Waals surface area (Å²) in [6.07, 6.45) is 11.0. The molecule has 0 radical (unpaired) electrons. The van der Waals surface area contributed by atoms with Gasteiger partial charge in [0, 0.05) is 43.9 Å². The lowest BCUT2D eigenvalue weighted by atomic mass is 10.0. The normalized spacial score (nSPS) is 18.0. The summed E-state index contributed by atoms with van der Waals surface area (Å²) in [5.74, 6) is 0.292. The molecule has 1 atom stereocenters. The summed E-state index contributed by atoms with van der Waals surface area (Å²) < 4.78 is 2.15. The van der Waals surface area contributed by atoms with Gasteiger partial charge < -0.3 is 4.57 Å². The summed E-state index contributed by atoms with van der Waals surface area (Å²) in [6.45, 7) is 3.72. The first-order chi connectivity index (χ1) is 10.7. The van der Waals surface area contributed by atoms with E-state index in [0.717, 1.165) is 25.9 Å². The Kier molecular flexibility index (Phi) is 4.43. The first kappa shape index (κ1) is 14.6. The van der Waals surface area contributed by atoms with E-state index in [1.807, 2.05) is 25.6 Å². The number of imidazole rings is 1. The van der Waals surface area contributed by atoms with Gasteiger partial charge in [-0.2, -0.15) is 0 Å². The first-order valence-corrected chi connectivity index (χ1v) is 7.53. The Bertz CT molecular complexity index is 592. The molecule has 1 unspecified atom stereocenters. The monoisotopic (exact) mass is 300 g/mol. The molecule has 1 aliphatic heterocycles. The minimum atomic E-state index is -0.187. The van der Waals surface area contributed by atoms with Gasteiger partial charge in [0.25, 0.3) is 0 Å². The van der Waals surface area contributed by atoms with Gasteiger partial charge in [-0.05, 0) is 25.8 Å². The quantitative estimate of drug-likeness (QED) is 0.922. The molecular weight excluding hydrogens is 280 g/mol. The lowest BCUT2D eigenvalue weighted by molar-refractivity contribution is -0.121. The van der Waals surface area contributed by atoms with E-state index in [-0.39, 0.29) is 11.9 Å². The average molecular weight is 300 g/mol. The lowest BCUT2D eigenvalue weighted by Crippen LogP contribution is -2.46. The summed E-state index contributed by atoms with van der Waals surface area (Å²) in [6, 6.07) is 2.01. The van der Waals surface area contributed by atoms with E-state index in [0.29, 0.717) is 12.0 Å². The third-order valence-electron chi connectivity index (χ3n) is 4.17. The Morgan fingerprint density at radius 1 is 1.27 bits per heavy atom. The molecule has 2 aromatic rings. The summed E-state index contributed by atoms with van der Waals surface area (Å²) in [7, 11) is 0. The highest BCUT2D eigenvalue weighted by atomic mass is 16.2. The maximum absolute atomic E-state index is 12.3. The summed E-state index contributed by atoms with van der Waals surface area (Å²) >= 11 is 0. The van der Waals surface area contributed by atoms with Crippen LogP contribution in [0.25, 0.3) is 0 Å². The average Bonchev–Trinajstić information content (AvgIpc) is 3.10. The van der Waals surface area contributed by atoms with Gasteiger partial charge in [-0.15, -0.1) is 0 Å². The molecule has 0 aliphatic carbocycles. The smallest absolute Gasteiger partial charge is 0.243 e. The molecule has 116 valence electrons. The zero-order valence-corrected chi connectivity index (χ0v) is 12.6. The molecule has 0 saturated carbocycles. The van der Waals surface area contributed by atoms with E-state index in [2.05, 4.69) is 29.7 Å². The fourth-order valence-electron chi connectivity index (χ4n) is 2.80. The second-order valence-corrected chi connectivity index (χ2v) is 5.51. The standard InChI is InChI=1S/C15H20N6O/c1-12(14(22)19-15-17-5-2-6-18-15)20-8-3-13(4-9-20)21-10-7-16-11-21/h2,5-7,10-13H,3-4,8-9H2,1H3,(H,17,18,19,22). The third-order valence-corrected chi connectivity index (χ3v) is 4.17. The van der Waals surface area contributed by atoms with Crippen LogP contribution in [0.15, 0.2) is 37.2 Å². The van der Waals surface area contributed by atoms with Crippen molar-refractivity contribution in [2.45, 2.75) is 31.8 Å². The molecule has 1 amide bonds. The minimum Gasteiger partial charge on any atom is -0.334 e. The number of piperidine rings is 1. The molecule has 2 aromatic heterocycles. The van der Waals surface area contributed by atoms with Crippen LogP contribution in [0.3, 0.4) is 0 Å². The van der Waals surface area contributed by atoms with Crippen molar-refractivity contribution in [3.05, 3.63) is 37.2 Å². The molecule has 0 aromatic carbocycles. The highest BCUT2D eigenvalue weighted by molar-refractivity contribution is 5.93. The zero-order valence-electron chi connectivity index (χ0n) is 12.6. The number of amides is 1. The van der Waals surface area contributed by atoms with E-state index < -0.39 is 0 Å². The van der Waals surface area contributed by atoms with Gasteiger partial charge in [0.2, 0.25) is 11.9 Å². The van der Waals surface area contributed by atoms with Crippen LogP contribution in [0, 0.1) is 0 Å². The van der Waals surface area contributed by atoms with Crippen LogP contribution < -0.4 is 5.32 Å². The Morgan fingerprint density at radius 3 is 2.64 bits per heavy atom. The number of carbonyl (C=O) groups excluding carboxylic acids is 1. The minimum absolute atomic E-state index is 0.0627. The maximum atomic E-state index is 12.3. The molecule has 1 fully saturated rings.